The summed E-state index contributed by atoms with van der Waals surface area (Å²) in [6.07, 6.45) is 5.90. The number of aromatic nitrogens is 3. The minimum absolute atomic E-state index is 0.0511. The van der Waals surface area contributed by atoms with Crippen molar-refractivity contribution in [3.05, 3.63) is 41.9 Å². The first-order valence-corrected chi connectivity index (χ1v) is 7.55. The van der Waals surface area contributed by atoms with Gasteiger partial charge in [-0.05, 0) is 38.0 Å². The number of ether oxygens (including phenoxy) is 1. The summed E-state index contributed by atoms with van der Waals surface area (Å²) in [4.78, 5) is 16.7. The molecule has 116 valence electrons. The van der Waals surface area contributed by atoms with Crippen molar-refractivity contribution >= 4 is 11.7 Å². The van der Waals surface area contributed by atoms with Gasteiger partial charge in [0, 0.05) is 31.1 Å². The van der Waals surface area contributed by atoms with E-state index in [0.717, 1.165) is 17.7 Å². The Labute approximate surface area is 129 Å². The summed E-state index contributed by atoms with van der Waals surface area (Å²) in [6.45, 7) is 5.38. The van der Waals surface area contributed by atoms with Crippen LogP contribution in [0.1, 0.15) is 30.6 Å². The van der Waals surface area contributed by atoms with Gasteiger partial charge < -0.3 is 10.1 Å². The minimum atomic E-state index is -0.231. The molecule has 0 aliphatic carbocycles. The third kappa shape index (κ3) is 3.01. The van der Waals surface area contributed by atoms with Gasteiger partial charge in [0.15, 0.2) is 0 Å². The van der Waals surface area contributed by atoms with E-state index in [1.165, 1.54) is 0 Å². The van der Waals surface area contributed by atoms with Gasteiger partial charge in [-0.2, -0.15) is 5.10 Å². The molecule has 3 heterocycles. The average molecular weight is 300 g/mol. The number of rotatable bonds is 4. The Bertz CT molecular complexity index is 668. The van der Waals surface area contributed by atoms with Crippen LogP contribution in [0.5, 0.6) is 0 Å². The van der Waals surface area contributed by atoms with Gasteiger partial charge in [0.25, 0.3) is 0 Å². The molecule has 0 bridgehead atoms. The normalized spacial score (nSPS) is 21.0. The fourth-order valence-corrected chi connectivity index (χ4v) is 2.71. The molecule has 6 nitrogen and oxygen atoms in total. The molecule has 0 unspecified atom stereocenters. The van der Waals surface area contributed by atoms with Crippen LogP contribution in [0.15, 0.2) is 30.7 Å². The van der Waals surface area contributed by atoms with Gasteiger partial charge in [-0.25, -0.2) is 4.98 Å². The molecule has 6 heteroatoms. The second kappa shape index (κ2) is 6.27. The average Bonchev–Trinajstić information content (AvgIpc) is 3.16. The first kappa shape index (κ1) is 14.7. The smallest absolute Gasteiger partial charge is 0.231 e. The van der Waals surface area contributed by atoms with E-state index in [0.29, 0.717) is 18.8 Å². The van der Waals surface area contributed by atoms with Gasteiger partial charge in [0.2, 0.25) is 5.91 Å². The summed E-state index contributed by atoms with van der Waals surface area (Å²) in [5.74, 6) is 0.321. The number of nitrogens with one attached hydrogen (secondary N) is 1. The molecule has 0 aromatic carbocycles. The summed E-state index contributed by atoms with van der Waals surface area (Å²) in [6, 6.07) is 3.76. The fourth-order valence-electron chi connectivity index (χ4n) is 2.71. The molecule has 3 rings (SSSR count). The lowest BCUT2D eigenvalue weighted by Gasteiger charge is -2.16. The number of anilines is 1. The lowest BCUT2D eigenvalue weighted by molar-refractivity contribution is -0.121. The molecule has 2 atom stereocenters. The monoisotopic (exact) mass is 300 g/mol. The topological polar surface area (TPSA) is 69.0 Å². The molecular weight excluding hydrogens is 280 g/mol. The largest absolute Gasteiger partial charge is 0.373 e. The molecule has 1 saturated heterocycles. The Kier molecular flexibility index (Phi) is 4.20. The number of carbonyl (C=O) groups is 1. The highest BCUT2D eigenvalue weighted by molar-refractivity contribution is 5.92. The van der Waals surface area contributed by atoms with Crippen molar-refractivity contribution in [1.29, 1.82) is 0 Å². The lowest BCUT2D eigenvalue weighted by atomic mass is 9.96. The van der Waals surface area contributed by atoms with Crippen LogP contribution in [0.25, 0.3) is 0 Å². The van der Waals surface area contributed by atoms with E-state index in [2.05, 4.69) is 15.4 Å². The van der Waals surface area contributed by atoms with Crippen molar-refractivity contribution in [2.24, 2.45) is 5.92 Å². The maximum atomic E-state index is 12.5. The van der Waals surface area contributed by atoms with Crippen LogP contribution in [0, 0.1) is 12.8 Å². The van der Waals surface area contributed by atoms with Crippen LogP contribution in [0.2, 0.25) is 0 Å². The molecule has 22 heavy (non-hydrogen) atoms. The van der Waals surface area contributed by atoms with Gasteiger partial charge in [0.05, 0.1) is 18.2 Å². The SMILES string of the molecule is CCn1cc([C@H]2OCC[C@@H]2C(=O)Nc2cc(C)ccn2)cn1. The van der Waals surface area contributed by atoms with E-state index in [4.69, 9.17) is 4.74 Å². The number of amides is 1. The van der Waals surface area contributed by atoms with Crippen LogP contribution in [0.3, 0.4) is 0 Å². The number of hydrogen-bond donors (Lipinski definition) is 1. The van der Waals surface area contributed by atoms with Crippen LogP contribution < -0.4 is 5.32 Å². The highest BCUT2D eigenvalue weighted by Gasteiger charge is 2.36. The van der Waals surface area contributed by atoms with E-state index in [9.17, 15) is 4.79 Å². The number of hydrogen-bond acceptors (Lipinski definition) is 4. The van der Waals surface area contributed by atoms with Crippen molar-refractivity contribution in [3.8, 4) is 0 Å². The van der Waals surface area contributed by atoms with E-state index in [-0.39, 0.29) is 17.9 Å². The molecule has 1 aliphatic rings. The second-order valence-corrected chi connectivity index (χ2v) is 5.52. The number of nitrogens with zero attached hydrogens (tertiary/aromatic N) is 3. The molecule has 1 fully saturated rings. The maximum Gasteiger partial charge on any atom is 0.231 e. The summed E-state index contributed by atoms with van der Waals surface area (Å²) >= 11 is 0. The third-order valence-electron chi connectivity index (χ3n) is 3.90. The molecule has 2 aromatic heterocycles. The Balaban J connectivity index is 1.73. The highest BCUT2D eigenvalue weighted by Crippen LogP contribution is 2.35. The minimum Gasteiger partial charge on any atom is -0.373 e. The summed E-state index contributed by atoms with van der Waals surface area (Å²) in [5, 5.41) is 7.15. The van der Waals surface area contributed by atoms with E-state index < -0.39 is 0 Å². The first-order valence-electron chi connectivity index (χ1n) is 7.55. The molecule has 0 spiro atoms. The zero-order chi connectivity index (χ0) is 15.5. The maximum absolute atomic E-state index is 12.5. The number of carbonyl (C=O) groups excluding carboxylic acids is 1. The zero-order valence-corrected chi connectivity index (χ0v) is 12.8. The van der Waals surface area contributed by atoms with Gasteiger partial charge >= 0.3 is 0 Å². The molecule has 0 radical (unpaired) electrons. The Morgan fingerprint density at radius 1 is 1.55 bits per heavy atom. The van der Waals surface area contributed by atoms with Crippen molar-refractivity contribution in [2.45, 2.75) is 32.9 Å². The molecule has 1 amide bonds. The van der Waals surface area contributed by atoms with Crippen molar-refractivity contribution in [2.75, 3.05) is 11.9 Å². The van der Waals surface area contributed by atoms with Crippen molar-refractivity contribution < 1.29 is 9.53 Å². The van der Waals surface area contributed by atoms with Crippen molar-refractivity contribution in [3.63, 3.8) is 0 Å². The van der Waals surface area contributed by atoms with E-state index in [1.807, 2.05) is 36.9 Å². The Morgan fingerprint density at radius 2 is 2.41 bits per heavy atom. The number of pyridine rings is 1. The number of aryl methyl sites for hydroxylation is 2. The van der Waals surface area contributed by atoms with Crippen LogP contribution in [-0.2, 0) is 16.1 Å². The summed E-state index contributed by atoms with van der Waals surface area (Å²) in [5.41, 5.74) is 2.02. The molecule has 1 aliphatic heterocycles. The summed E-state index contributed by atoms with van der Waals surface area (Å²) < 4.78 is 7.60. The van der Waals surface area contributed by atoms with E-state index in [1.54, 1.807) is 12.4 Å². The van der Waals surface area contributed by atoms with Crippen LogP contribution in [0.4, 0.5) is 5.82 Å². The third-order valence-corrected chi connectivity index (χ3v) is 3.90. The second-order valence-electron chi connectivity index (χ2n) is 5.52. The molecule has 2 aromatic rings. The lowest BCUT2D eigenvalue weighted by Crippen LogP contribution is -2.25. The predicted molar refractivity (Wildman–Crippen MR) is 82.3 cm³/mol. The van der Waals surface area contributed by atoms with Crippen molar-refractivity contribution in [1.82, 2.24) is 14.8 Å². The van der Waals surface area contributed by atoms with E-state index >= 15 is 0 Å². The van der Waals surface area contributed by atoms with Gasteiger partial charge in [-0.15, -0.1) is 0 Å². The molecule has 1 N–H and O–H groups in total. The quantitative estimate of drug-likeness (QED) is 0.941. The zero-order valence-electron chi connectivity index (χ0n) is 12.8. The molecule has 0 saturated carbocycles. The fraction of sp³-hybridized carbons (Fsp3) is 0.438. The van der Waals surface area contributed by atoms with Gasteiger partial charge in [0.1, 0.15) is 5.82 Å². The Morgan fingerprint density at radius 3 is 3.14 bits per heavy atom. The van der Waals surface area contributed by atoms with Gasteiger partial charge in [-0.3, -0.25) is 9.48 Å². The van der Waals surface area contributed by atoms with Crippen LogP contribution >= 0.6 is 0 Å². The highest BCUT2D eigenvalue weighted by atomic mass is 16.5. The Hall–Kier alpha value is -2.21. The predicted octanol–water partition coefficient (Wildman–Crippen LogP) is 2.32. The van der Waals surface area contributed by atoms with Crippen LogP contribution in [-0.4, -0.2) is 27.3 Å². The first-order chi connectivity index (χ1) is 10.7. The summed E-state index contributed by atoms with van der Waals surface area (Å²) in [7, 11) is 0. The standard InChI is InChI=1S/C16H20N4O2/c1-3-20-10-12(9-18-20)15-13(5-7-22-15)16(21)19-14-8-11(2)4-6-17-14/h4,6,8-10,13,15H,3,5,7H2,1-2H3,(H,17,19,21)/t13-,15+/m0/s1. The van der Waals surface area contributed by atoms with Gasteiger partial charge in [-0.1, -0.05) is 0 Å². The molecular formula is C16H20N4O2.